The van der Waals surface area contributed by atoms with Gasteiger partial charge in [-0.25, -0.2) is 0 Å². The molecule has 0 fully saturated rings. The summed E-state index contributed by atoms with van der Waals surface area (Å²) in [6.45, 7) is 0. The first-order valence-corrected chi connectivity index (χ1v) is 14.6. The van der Waals surface area contributed by atoms with Gasteiger partial charge in [0.2, 0.25) is 0 Å². The molecular weight excluding hydrogens is 548 g/mol. The number of aliphatic hydroxyl groups excluding tert-OH is 2. The van der Waals surface area contributed by atoms with Gasteiger partial charge in [-0.15, -0.1) is 0 Å². The highest BCUT2D eigenvalue weighted by Gasteiger charge is 2.30. The minimum Gasteiger partial charge on any atom is -0.508 e. The lowest BCUT2D eigenvalue weighted by atomic mass is 9.85. The number of hydrogen-bond acceptors (Lipinski definition) is 6. The number of phenols is 2. The van der Waals surface area contributed by atoms with Gasteiger partial charge >= 0.3 is 0 Å². The van der Waals surface area contributed by atoms with Crippen LogP contribution in [0.25, 0.3) is 10.8 Å². The molecule has 0 aliphatic carbocycles. The van der Waals surface area contributed by atoms with Crippen LogP contribution in [-0.2, 0) is 0 Å². The normalized spacial score (nSPS) is 14.1. The third-order valence-electron chi connectivity index (χ3n) is 7.94. The largest absolute Gasteiger partial charge is 0.508 e. The van der Waals surface area contributed by atoms with Gasteiger partial charge < -0.3 is 20.4 Å². The summed E-state index contributed by atoms with van der Waals surface area (Å²) in [6, 6.07) is 43.3. The first-order valence-electron chi connectivity index (χ1n) is 14.6. The predicted molar refractivity (Wildman–Crippen MR) is 173 cm³/mol. The highest BCUT2D eigenvalue weighted by Crippen LogP contribution is 2.44. The Hall–Kier alpha value is -4.98. The van der Waals surface area contributed by atoms with E-state index in [2.05, 4.69) is 10.6 Å². The molecule has 0 saturated heterocycles. The molecule has 6 heteroatoms. The molecule has 0 amide bonds. The van der Waals surface area contributed by atoms with Crippen molar-refractivity contribution >= 4 is 10.8 Å². The van der Waals surface area contributed by atoms with Crippen LogP contribution in [0.2, 0.25) is 0 Å². The summed E-state index contributed by atoms with van der Waals surface area (Å²) in [5.41, 5.74) is 3.95. The van der Waals surface area contributed by atoms with E-state index in [9.17, 15) is 20.4 Å². The second kappa shape index (κ2) is 13.1. The summed E-state index contributed by atoms with van der Waals surface area (Å²) in [5.74, 6) is 0.00256. The molecule has 0 radical (unpaired) electrons. The molecule has 0 aromatic heterocycles. The van der Waals surface area contributed by atoms with E-state index in [4.69, 9.17) is 0 Å². The topological polar surface area (TPSA) is 105 Å². The summed E-state index contributed by atoms with van der Waals surface area (Å²) in [6.07, 6.45) is -2.11. The van der Waals surface area contributed by atoms with E-state index in [-0.39, 0.29) is 11.5 Å². The molecular formula is C38H34N2O4. The van der Waals surface area contributed by atoms with E-state index in [0.29, 0.717) is 27.6 Å². The fourth-order valence-corrected chi connectivity index (χ4v) is 5.80. The Kier molecular flexibility index (Phi) is 8.68. The van der Waals surface area contributed by atoms with Gasteiger partial charge in [0.15, 0.2) is 0 Å². The Labute approximate surface area is 256 Å². The minimum atomic E-state index is -1.06. The minimum absolute atomic E-state index is 0.00128. The number of fused-ring (bicyclic) bond motifs is 1. The Morgan fingerprint density at radius 1 is 0.386 bits per heavy atom. The molecule has 6 aromatic carbocycles. The smallest absolute Gasteiger partial charge is 0.131 e. The van der Waals surface area contributed by atoms with E-state index in [0.717, 1.165) is 16.5 Å². The van der Waals surface area contributed by atoms with Crippen molar-refractivity contribution < 1.29 is 20.4 Å². The van der Waals surface area contributed by atoms with E-state index < -0.39 is 24.5 Å². The van der Waals surface area contributed by atoms with Crippen LogP contribution in [0.5, 0.6) is 11.5 Å². The van der Waals surface area contributed by atoms with Crippen molar-refractivity contribution in [1.29, 1.82) is 0 Å². The van der Waals surface area contributed by atoms with E-state index in [1.54, 1.807) is 12.1 Å². The lowest BCUT2D eigenvalue weighted by Crippen LogP contribution is -2.29. The van der Waals surface area contributed by atoms with Gasteiger partial charge in [-0.05, 0) is 45.2 Å². The number of nitrogens with one attached hydrogen (secondary N) is 2. The molecule has 0 bridgehead atoms. The van der Waals surface area contributed by atoms with Crippen LogP contribution in [0.4, 0.5) is 0 Å². The zero-order chi connectivity index (χ0) is 30.5. The third-order valence-corrected chi connectivity index (χ3v) is 7.94. The van der Waals surface area contributed by atoms with Gasteiger partial charge in [0.1, 0.15) is 24.0 Å². The number of aliphatic hydroxyl groups is 2. The molecule has 4 atom stereocenters. The maximum absolute atomic E-state index is 11.6. The second-order valence-electron chi connectivity index (χ2n) is 10.7. The van der Waals surface area contributed by atoms with E-state index >= 15 is 0 Å². The van der Waals surface area contributed by atoms with E-state index in [1.165, 1.54) is 0 Å². The molecule has 220 valence electrons. The zero-order valence-corrected chi connectivity index (χ0v) is 24.0. The van der Waals surface area contributed by atoms with Gasteiger partial charge in [0.05, 0.1) is 12.1 Å². The van der Waals surface area contributed by atoms with Crippen molar-refractivity contribution in [1.82, 2.24) is 10.6 Å². The van der Waals surface area contributed by atoms with Crippen LogP contribution >= 0.6 is 0 Å². The average molecular weight is 583 g/mol. The summed E-state index contributed by atoms with van der Waals surface area (Å²) >= 11 is 0. The van der Waals surface area contributed by atoms with Crippen molar-refractivity contribution in [2.45, 2.75) is 24.5 Å². The summed E-state index contributed by atoms with van der Waals surface area (Å²) in [4.78, 5) is 0. The quantitative estimate of drug-likeness (QED) is 0.0973. The molecule has 0 heterocycles. The molecule has 0 aliphatic rings. The molecule has 6 N–H and O–H groups in total. The molecule has 6 aromatic rings. The summed E-state index contributed by atoms with van der Waals surface area (Å²) in [7, 11) is 0. The Morgan fingerprint density at radius 2 is 0.705 bits per heavy atom. The third kappa shape index (κ3) is 6.06. The molecule has 0 aliphatic heterocycles. The van der Waals surface area contributed by atoms with E-state index in [1.807, 2.05) is 133 Å². The molecule has 0 spiro atoms. The van der Waals surface area contributed by atoms with Gasteiger partial charge in [0, 0.05) is 11.1 Å². The highest BCUT2D eigenvalue weighted by molar-refractivity contribution is 5.94. The lowest BCUT2D eigenvalue weighted by Gasteiger charge is -2.30. The van der Waals surface area contributed by atoms with Crippen molar-refractivity contribution in [3.8, 4) is 11.5 Å². The number of aromatic hydroxyl groups is 2. The monoisotopic (exact) mass is 582 g/mol. The zero-order valence-electron chi connectivity index (χ0n) is 24.0. The number of phenolic OH excluding ortho intramolecular Hbond substituents is 2. The Morgan fingerprint density at radius 3 is 1.05 bits per heavy atom. The average Bonchev–Trinajstić information content (AvgIpc) is 3.08. The maximum Gasteiger partial charge on any atom is 0.131 e. The van der Waals surface area contributed by atoms with Crippen LogP contribution in [0.1, 0.15) is 57.9 Å². The van der Waals surface area contributed by atoms with Crippen molar-refractivity contribution in [3.05, 3.63) is 179 Å². The summed E-state index contributed by atoms with van der Waals surface area (Å²) in [5, 5.41) is 53.9. The lowest BCUT2D eigenvalue weighted by molar-refractivity contribution is 0.128. The number of rotatable bonds is 10. The predicted octanol–water partition coefficient (Wildman–Crippen LogP) is 6.99. The maximum atomic E-state index is 11.6. The molecule has 44 heavy (non-hydrogen) atoms. The first kappa shape index (κ1) is 29.1. The Bertz CT molecular complexity index is 1690. The van der Waals surface area contributed by atoms with Crippen molar-refractivity contribution in [2.24, 2.45) is 0 Å². The summed E-state index contributed by atoms with van der Waals surface area (Å²) < 4.78 is 0. The van der Waals surface area contributed by atoms with Gasteiger partial charge in [-0.3, -0.25) is 10.6 Å². The fourth-order valence-electron chi connectivity index (χ4n) is 5.80. The molecule has 0 saturated carbocycles. The van der Waals surface area contributed by atoms with Crippen molar-refractivity contribution in [2.75, 3.05) is 0 Å². The van der Waals surface area contributed by atoms with Crippen LogP contribution in [0, 0.1) is 0 Å². The highest BCUT2D eigenvalue weighted by atomic mass is 16.3. The van der Waals surface area contributed by atoms with Crippen LogP contribution in [-0.4, -0.2) is 20.4 Å². The van der Waals surface area contributed by atoms with Crippen LogP contribution in [0.3, 0.4) is 0 Å². The molecule has 6 nitrogen and oxygen atoms in total. The molecule has 4 unspecified atom stereocenters. The second-order valence-corrected chi connectivity index (χ2v) is 10.7. The standard InChI is InChI=1S/C38H34N2O4/c41-30-23-21-25-22-24-31(42)34(36(27-15-7-2-8-16-27)40-38(44)29-19-11-4-12-20-29)32(25)33(30)35(26-13-5-1-6-14-26)39-37(43)28-17-9-3-10-18-28/h1-24,35-44H. The van der Waals surface area contributed by atoms with Crippen LogP contribution < -0.4 is 10.6 Å². The first-order chi connectivity index (χ1) is 21.5. The van der Waals surface area contributed by atoms with Gasteiger partial charge in [0.25, 0.3) is 0 Å². The SMILES string of the molecule is Oc1ccc2ccc(O)c(C(NC(O)c3ccccc3)c3ccccc3)c2c1C(NC(O)c1ccccc1)c1ccccc1. The van der Waals surface area contributed by atoms with Gasteiger partial charge in [-0.2, -0.15) is 0 Å². The molecule has 6 rings (SSSR count). The van der Waals surface area contributed by atoms with Gasteiger partial charge in [-0.1, -0.05) is 133 Å². The van der Waals surface area contributed by atoms with Crippen molar-refractivity contribution in [3.63, 3.8) is 0 Å². The number of hydrogen-bond donors (Lipinski definition) is 6. The van der Waals surface area contributed by atoms with Crippen LogP contribution in [0.15, 0.2) is 146 Å². The number of benzene rings is 6. The Balaban J connectivity index is 1.57. The fraction of sp³-hybridized carbons (Fsp3) is 0.105.